The van der Waals surface area contributed by atoms with Crippen molar-refractivity contribution in [1.29, 1.82) is 0 Å². The Hall–Kier alpha value is -1.92. The monoisotopic (exact) mass is 308 g/mol. The average Bonchev–Trinajstić information content (AvgIpc) is 2.45. The lowest BCUT2D eigenvalue weighted by Gasteiger charge is -2.09. The molecule has 0 radical (unpaired) electrons. The number of hydrogen-bond acceptors (Lipinski definition) is 3. The van der Waals surface area contributed by atoms with Crippen LogP contribution < -0.4 is 10.5 Å². The van der Waals surface area contributed by atoms with Gasteiger partial charge in [0.05, 0.1) is 5.69 Å². The molecule has 0 saturated carbocycles. The van der Waals surface area contributed by atoms with Crippen LogP contribution in [0.5, 0.6) is 0 Å². The number of hydrogen-bond donors (Lipinski definition) is 2. The van der Waals surface area contributed by atoms with Crippen molar-refractivity contribution in [3.8, 4) is 0 Å². The smallest absolute Gasteiger partial charge is 0.242 e. The Bertz CT molecular complexity index is 728. The van der Waals surface area contributed by atoms with Crippen molar-refractivity contribution in [1.82, 2.24) is 4.72 Å². The largest absolute Gasteiger partial charge is 0.398 e. The Labute approximate surface area is 123 Å². The van der Waals surface area contributed by atoms with Gasteiger partial charge in [-0.1, -0.05) is 31.2 Å². The summed E-state index contributed by atoms with van der Waals surface area (Å²) >= 11 is 0. The summed E-state index contributed by atoms with van der Waals surface area (Å²) in [6, 6.07) is 10.9. The summed E-state index contributed by atoms with van der Waals surface area (Å²) in [5, 5.41) is 0. The number of rotatable bonds is 5. The van der Waals surface area contributed by atoms with Crippen LogP contribution in [0.2, 0.25) is 0 Å². The van der Waals surface area contributed by atoms with E-state index in [4.69, 9.17) is 5.73 Å². The molecule has 0 heterocycles. The topological polar surface area (TPSA) is 72.2 Å². The summed E-state index contributed by atoms with van der Waals surface area (Å²) in [7, 11) is -3.76. The van der Waals surface area contributed by atoms with Gasteiger partial charge >= 0.3 is 0 Å². The minimum Gasteiger partial charge on any atom is -0.398 e. The molecule has 0 aliphatic heterocycles. The van der Waals surface area contributed by atoms with E-state index in [1.807, 2.05) is 24.3 Å². The molecule has 2 rings (SSSR count). The number of benzene rings is 2. The molecule has 2 aromatic rings. The van der Waals surface area contributed by atoms with Crippen LogP contribution in [0.25, 0.3) is 0 Å². The fraction of sp³-hybridized carbons (Fsp3) is 0.200. The molecule has 2 aromatic carbocycles. The van der Waals surface area contributed by atoms with Gasteiger partial charge in [-0.05, 0) is 35.7 Å². The standard InChI is InChI=1S/C15H17FN2O2S/c1-2-11-3-5-12(6-4-11)10-18-21(19,20)15-8-7-13(16)9-14(15)17/h3-9,18H,2,10,17H2,1H3. The van der Waals surface area contributed by atoms with Gasteiger partial charge in [-0.3, -0.25) is 0 Å². The summed E-state index contributed by atoms with van der Waals surface area (Å²) in [6.07, 6.45) is 0.929. The number of nitrogens with one attached hydrogen (secondary N) is 1. The SMILES string of the molecule is CCc1ccc(CNS(=O)(=O)c2ccc(F)cc2N)cc1. The number of anilines is 1. The molecule has 0 aliphatic carbocycles. The van der Waals surface area contributed by atoms with Gasteiger partial charge in [0, 0.05) is 6.54 Å². The van der Waals surface area contributed by atoms with Crippen LogP contribution in [0.1, 0.15) is 18.1 Å². The number of nitrogen functional groups attached to an aromatic ring is 1. The lowest BCUT2D eigenvalue weighted by molar-refractivity contribution is 0.581. The van der Waals surface area contributed by atoms with Crippen LogP contribution in [-0.2, 0) is 23.0 Å². The molecule has 0 aliphatic rings. The molecule has 4 nitrogen and oxygen atoms in total. The van der Waals surface area contributed by atoms with Gasteiger partial charge in [0.1, 0.15) is 10.7 Å². The fourth-order valence-corrected chi connectivity index (χ4v) is 3.04. The van der Waals surface area contributed by atoms with Gasteiger partial charge in [-0.25, -0.2) is 17.5 Å². The Balaban J connectivity index is 2.13. The molecule has 0 aromatic heterocycles. The van der Waals surface area contributed by atoms with Gasteiger partial charge in [0.15, 0.2) is 0 Å². The van der Waals surface area contributed by atoms with E-state index >= 15 is 0 Å². The number of aryl methyl sites for hydroxylation is 1. The van der Waals surface area contributed by atoms with Crippen molar-refractivity contribution in [2.75, 3.05) is 5.73 Å². The van der Waals surface area contributed by atoms with Crippen LogP contribution >= 0.6 is 0 Å². The van der Waals surface area contributed by atoms with Crippen LogP contribution in [-0.4, -0.2) is 8.42 Å². The van der Waals surface area contributed by atoms with Gasteiger partial charge in [0.25, 0.3) is 0 Å². The summed E-state index contributed by atoms with van der Waals surface area (Å²) in [5.41, 5.74) is 7.48. The Morgan fingerprint density at radius 3 is 2.29 bits per heavy atom. The van der Waals surface area contributed by atoms with E-state index in [-0.39, 0.29) is 17.1 Å². The van der Waals surface area contributed by atoms with Crippen molar-refractivity contribution in [3.05, 3.63) is 59.4 Å². The molecule has 0 saturated heterocycles. The van der Waals surface area contributed by atoms with Crippen LogP contribution in [0.15, 0.2) is 47.4 Å². The number of sulfonamides is 1. The molecule has 0 amide bonds. The predicted octanol–water partition coefficient (Wildman–Crippen LogP) is 2.45. The first-order valence-electron chi connectivity index (χ1n) is 6.55. The summed E-state index contributed by atoms with van der Waals surface area (Å²) in [5.74, 6) is -0.568. The first kappa shape index (κ1) is 15.5. The normalized spacial score (nSPS) is 11.5. The number of halogens is 1. The summed E-state index contributed by atoms with van der Waals surface area (Å²) in [6.45, 7) is 2.21. The third kappa shape index (κ3) is 3.80. The van der Waals surface area contributed by atoms with Crippen molar-refractivity contribution < 1.29 is 12.8 Å². The Morgan fingerprint density at radius 1 is 1.10 bits per heavy atom. The molecule has 0 unspecified atom stereocenters. The molecule has 0 spiro atoms. The third-order valence-corrected chi connectivity index (χ3v) is 4.63. The second kappa shape index (κ2) is 6.24. The Morgan fingerprint density at radius 2 is 1.71 bits per heavy atom. The van der Waals surface area contributed by atoms with Gasteiger partial charge in [-0.15, -0.1) is 0 Å². The highest BCUT2D eigenvalue weighted by atomic mass is 32.2. The highest BCUT2D eigenvalue weighted by molar-refractivity contribution is 7.89. The second-order valence-corrected chi connectivity index (χ2v) is 6.41. The van der Waals surface area contributed by atoms with Crippen LogP contribution in [0, 0.1) is 5.82 Å². The van der Waals surface area contributed by atoms with E-state index in [1.54, 1.807) is 0 Å². The van der Waals surface area contributed by atoms with E-state index in [9.17, 15) is 12.8 Å². The van der Waals surface area contributed by atoms with Crippen molar-refractivity contribution in [3.63, 3.8) is 0 Å². The van der Waals surface area contributed by atoms with E-state index in [2.05, 4.69) is 11.6 Å². The minimum atomic E-state index is -3.76. The quantitative estimate of drug-likeness (QED) is 0.833. The highest BCUT2D eigenvalue weighted by Crippen LogP contribution is 2.19. The molecule has 0 fully saturated rings. The first-order chi connectivity index (χ1) is 9.92. The molecule has 0 atom stereocenters. The van der Waals surface area contributed by atoms with Crippen LogP contribution in [0.4, 0.5) is 10.1 Å². The molecule has 0 bridgehead atoms. The average molecular weight is 308 g/mol. The lowest BCUT2D eigenvalue weighted by atomic mass is 10.1. The minimum absolute atomic E-state index is 0.108. The zero-order valence-electron chi connectivity index (χ0n) is 11.6. The number of nitrogens with two attached hydrogens (primary N) is 1. The Kier molecular flexibility index (Phi) is 4.59. The molecule has 21 heavy (non-hydrogen) atoms. The fourth-order valence-electron chi connectivity index (χ4n) is 1.91. The molecule has 6 heteroatoms. The predicted molar refractivity (Wildman–Crippen MR) is 80.7 cm³/mol. The van der Waals surface area contributed by atoms with E-state index < -0.39 is 15.8 Å². The van der Waals surface area contributed by atoms with Crippen molar-refractivity contribution in [2.24, 2.45) is 0 Å². The van der Waals surface area contributed by atoms with Gasteiger partial charge < -0.3 is 5.73 Å². The van der Waals surface area contributed by atoms with E-state index in [1.165, 1.54) is 5.56 Å². The molecular weight excluding hydrogens is 291 g/mol. The lowest BCUT2D eigenvalue weighted by Crippen LogP contribution is -2.24. The van der Waals surface area contributed by atoms with Crippen molar-refractivity contribution >= 4 is 15.7 Å². The zero-order chi connectivity index (χ0) is 15.5. The van der Waals surface area contributed by atoms with Crippen molar-refractivity contribution in [2.45, 2.75) is 24.8 Å². The highest BCUT2D eigenvalue weighted by Gasteiger charge is 2.17. The summed E-state index contributed by atoms with van der Waals surface area (Å²) < 4.78 is 39.7. The maximum absolute atomic E-state index is 13.0. The molecule has 3 N–H and O–H groups in total. The summed E-state index contributed by atoms with van der Waals surface area (Å²) in [4.78, 5) is -0.117. The van der Waals surface area contributed by atoms with E-state index in [0.717, 1.165) is 30.2 Å². The third-order valence-electron chi connectivity index (χ3n) is 3.16. The molecule has 112 valence electrons. The van der Waals surface area contributed by atoms with Gasteiger partial charge in [0.2, 0.25) is 10.0 Å². The van der Waals surface area contributed by atoms with E-state index in [0.29, 0.717) is 0 Å². The maximum Gasteiger partial charge on any atom is 0.242 e. The van der Waals surface area contributed by atoms with Crippen LogP contribution in [0.3, 0.4) is 0 Å². The molecular formula is C15H17FN2O2S. The second-order valence-electron chi connectivity index (χ2n) is 4.68. The zero-order valence-corrected chi connectivity index (χ0v) is 12.5. The van der Waals surface area contributed by atoms with Gasteiger partial charge in [-0.2, -0.15) is 0 Å². The first-order valence-corrected chi connectivity index (χ1v) is 8.03. The maximum atomic E-state index is 13.0.